The summed E-state index contributed by atoms with van der Waals surface area (Å²) in [5.74, 6) is 1.02. The van der Waals surface area contributed by atoms with Gasteiger partial charge in [0, 0.05) is 10.0 Å². The molecular formula is C20H18BrNO5S. The van der Waals surface area contributed by atoms with E-state index < -0.39 is 0 Å². The van der Waals surface area contributed by atoms with Crippen LogP contribution in [0.15, 0.2) is 45.8 Å². The summed E-state index contributed by atoms with van der Waals surface area (Å²) >= 11 is 4.35. The van der Waals surface area contributed by atoms with Crippen molar-refractivity contribution in [3.05, 3.63) is 56.9 Å². The number of hydrogen-bond acceptors (Lipinski definition) is 6. The lowest BCUT2D eigenvalue weighted by molar-refractivity contribution is -0.123. The fourth-order valence-corrected chi connectivity index (χ4v) is 4.05. The number of benzene rings is 2. The topological polar surface area (TPSA) is 65.1 Å². The van der Waals surface area contributed by atoms with E-state index in [1.165, 1.54) is 26.2 Å². The van der Waals surface area contributed by atoms with Crippen LogP contribution in [0.4, 0.5) is 4.79 Å². The van der Waals surface area contributed by atoms with E-state index in [4.69, 9.17) is 14.2 Å². The van der Waals surface area contributed by atoms with Gasteiger partial charge in [-0.05, 0) is 41.6 Å². The molecule has 0 bridgehead atoms. The van der Waals surface area contributed by atoms with Gasteiger partial charge in [-0.3, -0.25) is 14.5 Å². The number of imide groups is 1. The number of hydrogen-bond donors (Lipinski definition) is 0. The molecule has 146 valence electrons. The van der Waals surface area contributed by atoms with Crippen molar-refractivity contribution in [2.24, 2.45) is 0 Å². The highest BCUT2D eigenvalue weighted by atomic mass is 79.9. The number of carbonyl (C=O) groups excluding carboxylic acids is 2. The molecule has 0 aliphatic carbocycles. The van der Waals surface area contributed by atoms with Crippen molar-refractivity contribution < 1.29 is 23.8 Å². The van der Waals surface area contributed by atoms with Crippen LogP contribution < -0.4 is 14.2 Å². The zero-order chi connectivity index (χ0) is 20.3. The molecule has 6 nitrogen and oxygen atoms in total. The SMILES string of the molecule is COc1ccc(/C=C2\SC(=O)N(Cc3ccccc3Br)C2=O)c(OC)c1OC. The molecule has 0 saturated carbocycles. The van der Waals surface area contributed by atoms with Crippen LogP contribution in [0.25, 0.3) is 6.08 Å². The Morgan fingerprint density at radius 2 is 1.71 bits per heavy atom. The number of carbonyl (C=O) groups is 2. The van der Waals surface area contributed by atoms with Crippen molar-refractivity contribution in [2.75, 3.05) is 21.3 Å². The predicted octanol–water partition coefficient (Wildman–Crippen LogP) is 4.71. The minimum Gasteiger partial charge on any atom is -0.493 e. The van der Waals surface area contributed by atoms with Gasteiger partial charge >= 0.3 is 0 Å². The van der Waals surface area contributed by atoms with Gasteiger partial charge in [-0.2, -0.15) is 0 Å². The van der Waals surface area contributed by atoms with Crippen molar-refractivity contribution in [2.45, 2.75) is 6.54 Å². The van der Waals surface area contributed by atoms with E-state index in [-0.39, 0.29) is 17.7 Å². The number of ether oxygens (including phenoxy) is 3. The van der Waals surface area contributed by atoms with E-state index >= 15 is 0 Å². The lowest BCUT2D eigenvalue weighted by Crippen LogP contribution is -2.27. The monoisotopic (exact) mass is 463 g/mol. The van der Waals surface area contributed by atoms with Crippen LogP contribution in [0.2, 0.25) is 0 Å². The van der Waals surface area contributed by atoms with Gasteiger partial charge in [0.15, 0.2) is 11.5 Å². The highest BCUT2D eigenvalue weighted by Gasteiger charge is 2.35. The number of halogens is 1. The number of methoxy groups -OCH3 is 3. The second kappa shape index (κ2) is 8.70. The van der Waals surface area contributed by atoms with E-state index in [0.29, 0.717) is 27.7 Å². The second-order valence-corrected chi connectivity index (χ2v) is 7.63. The third-order valence-electron chi connectivity index (χ3n) is 4.18. The van der Waals surface area contributed by atoms with Crippen LogP contribution in [-0.4, -0.2) is 37.4 Å². The molecule has 0 radical (unpaired) electrons. The fourth-order valence-electron chi connectivity index (χ4n) is 2.81. The minimum absolute atomic E-state index is 0.201. The molecule has 8 heteroatoms. The molecule has 0 aromatic heterocycles. The lowest BCUT2D eigenvalue weighted by Gasteiger charge is -2.14. The van der Waals surface area contributed by atoms with Crippen LogP contribution in [-0.2, 0) is 11.3 Å². The fraction of sp³-hybridized carbons (Fsp3) is 0.200. The van der Waals surface area contributed by atoms with Crippen LogP contribution >= 0.6 is 27.7 Å². The van der Waals surface area contributed by atoms with Crippen molar-refractivity contribution in [1.82, 2.24) is 4.90 Å². The number of nitrogens with zero attached hydrogens (tertiary/aromatic N) is 1. The van der Waals surface area contributed by atoms with Gasteiger partial charge in [-0.1, -0.05) is 34.1 Å². The molecular weight excluding hydrogens is 446 g/mol. The quantitative estimate of drug-likeness (QED) is 0.577. The molecule has 2 aromatic rings. The summed E-state index contributed by atoms with van der Waals surface area (Å²) in [4.78, 5) is 26.8. The highest BCUT2D eigenvalue weighted by molar-refractivity contribution is 9.10. The Balaban J connectivity index is 1.93. The Kier molecular flexibility index (Phi) is 6.31. The Hall–Kier alpha value is -2.45. The molecule has 28 heavy (non-hydrogen) atoms. The van der Waals surface area contributed by atoms with Gasteiger partial charge in [0.2, 0.25) is 5.75 Å². The number of thioether (sulfide) groups is 1. The molecule has 2 aromatic carbocycles. The summed E-state index contributed by atoms with van der Waals surface area (Å²) in [6, 6.07) is 11.0. The van der Waals surface area contributed by atoms with Crippen molar-refractivity contribution in [1.29, 1.82) is 0 Å². The summed E-state index contributed by atoms with van der Waals surface area (Å²) in [5, 5.41) is -0.313. The van der Waals surface area contributed by atoms with E-state index in [0.717, 1.165) is 21.8 Å². The van der Waals surface area contributed by atoms with Crippen LogP contribution in [0.1, 0.15) is 11.1 Å². The first-order chi connectivity index (χ1) is 13.5. The summed E-state index contributed by atoms with van der Waals surface area (Å²) < 4.78 is 16.9. The largest absolute Gasteiger partial charge is 0.493 e. The molecule has 0 unspecified atom stereocenters. The predicted molar refractivity (Wildman–Crippen MR) is 112 cm³/mol. The summed E-state index contributed by atoms with van der Waals surface area (Å²) in [7, 11) is 4.55. The standard InChI is InChI=1S/C20H18BrNO5S/c1-25-15-9-8-12(17(26-2)18(15)27-3)10-16-19(23)22(20(24)28-16)11-13-6-4-5-7-14(13)21/h4-10H,11H2,1-3H3/b16-10-. The van der Waals surface area contributed by atoms with Crippen molar-refractivity contribution in [3.8, 4) is 17.2 Å². The highest BCUT2D eigenvalue weighted by Crippen LogP contribution is 2.42. The maximum atomic E-state index is 12.8. The Morgan fingerprint density at radius 3 is 2.36 bits per heavy atom. The van der Waals surface area contributed by atoms with Crippen molar-refractivity contribution in [3.63, 3.8) is 0 Å². The third kappa shape index (κ3) is 3.88. The Labute approximate surface area is 175 Å². The molecule has 0 N–H and O–H groups in total. The minimum atomic E-state index is -0.345. The average Bonchev–Trinajstić information content (AvgIpc) is 2.96. The van der Waals surface area contributed by atoms with Crippen LogP contribution in [0.3, 0.4) is 0 Å². The van der Waals surface area contributed by atoms with E-state index in [1.54, 1.807) is 18.2 Å². The van der Waals surface area contributed by atoms with E-state index in [1.807, 2.05) is 24.3 Å². The van der Waals surface area contributed by atoms with E-state index in [9.17, 15) is 9.59 Å². The molecule has 1 heterocycles. The number of rotatable bonds is 6. The molecule has 1 saturated heterocycles. The van der Waals surface area contributed by atoms with Gasteiger partial charge < -0.3 is 14.2 Å². The molecule has 3 rings (SSSR count). The maximum Gasteiger partial charge on any atom is 0.293 e. The first-order valence-corrected chi connectivity index (χ1v) is 9.88. The molecule has 2 amide bonds. The Bertz CT molecular complexity index is 960. The van der Waals surface area contributed by atoms with Gasteiger partial charge in [-0.25, -0.2) is 0 Å². The smallest absolute Gasteiger partial charge is 0.293 e. The average molecular weight is 464 g/mol. The van der Waals surface area contributed by atoms with E-state index in [2.05, 4.69) is 15.9 Å². The van der Waals surface area contributed by atoms with Gasteiger partial charge in [0.1, 0.15) is 0 Å². The van der Waals surface area contributed by atoms with Gasteiger partial charge in [0.05, 0.1) is 32.8 Å². The summed E-state index contributed by atoms with van der Waals surface area (Å²) in [6.45, 7) is 0.201. The maximum absolute atomic E-state index is 12.8. The second-order valence-electron chi connectivity index (χ2n) is 5.78. The zero-order valence-corrected chi connectivity index (χ0v) is 17.9. The Morgan fingerprint density at radius 1 is 1.00 bits per heavy atom. The van der Waals surface area contributed by atoms with Crippen molar-refractivity contribution >= 4 is 44.9 Å². The van der Waals surface area contributed by atoms with Crippen LogP contribution in [0, 0.1) is 0 Å². The molecule has 0 spiro atoms. The normalized spacial score (nSPS) is 15.3. The molecule has 0 atom stereocenters. The van der Waals surface area contributed by atoms with Gasteiger partial charge in [-0.15, -0.1) is 0 Å². The van der Waals surface area contributed by atoms with Gasteiger partial charge in [0.25, 0.3) is 11.1 Å². The molecule has 1 aliphatic heterocycles. The first-order valence-electron chi connectivity index (χ1n) is 8.27. The number of amides is 2. The summed E-state index contributed by atoms with van der Waals surface area (Å²) in [5.41, 5.74) is 1.47. The zero-order valence-electron chi connectivity index (χ0n) is 15.5. The first kappa shape index (κ1) is 20.3. The summed E-state index contributed by atoms with van der Waals surface area (Å²) in [6.07, 6.45) is 1.63. The molecule has 1 aliphatic rings. The lowest BCUT2D eigenvalue weighted by atomic mass is 10.1. The molecule has 1 fully saturated rings. The van der Waals surface area contributed by atoms with Crippen LogP contribution in [0.5, 0.6) is 17.2 Å². The third-order valence-corrected chi connectivity index (χ3v) is 5.86.